The van der Waals surface area contributed by atoms with E-state index < -0.39 is 0 Å². The van der Waals surface area contributed by atoms with Crippen LogP contribution in [0, 0.1) is 18.3 Å². The minimum atomic E-state index is -0.224. The number of hydrogen-bond acceptors (Lipinski definition) is 5. The van der Waals surface area contributed by atoms with Crippen molar-refractivity contribution >= 4 is 22.4 Å². The number of nitriles is 1. The molecule has 1 amide bonds. The van der Waals surface area contributed by atoms with Gasteiger partial charge in [-0.05, 0) is 31.2 Å². The standard InChI is InChI=1S/C26H21N3O2S/c1-18-10-12-20(13-11-18)23-17-32-26(28-23)29(16-22-7-3-4-9-24(22)31-2)25(30)21-8-5-6-19(14-21)15-27/h3-14,17H,16H2,1-2H3. The van der Waals surface area contributed by atoms with Gasteiger partial charge in [-0.25, -0.2) is 4.98 Å². The van der Waals surface area contributed by atoms with E-state index in [1.807, 2.05) is 60.8 Å². The molecule has 0 aliphatic rings. The van der Waals surface area contributed by atoms with E-state index >= 15 is 0 Å². The molecular formula is C26H21N3O2S. The highest BCUT2D eigenvalue weighted by Crippen LogP contribution is 2.31. The maximum Gasteiger partial charge on any atom is 0.260 e. The Hall–Kier alpha value is -3.95. The Morgan fingerprint density at radius 3 is 2.62 bits per heavy atom. The lowest BCUT2D eigenvalue weighted by atomic mass is 10.1. The number of aryl methyl sites for hydroxylation is 1. The highest BCUT2D eigenvalue weighted by Gasteiger charge is 2.23. The Labute approximate surface area is 191 Å². The number of rotatable bonds is 6. The lowest BCUT2D eigenvalue weighted by Crippen LogP contribution is -2.30. The third-order valence-corrected chi connectivity index (χ3v) is 5.94. The summed E-state index contributed by atoms with van der Waals surface area (Å²) in [5.74, 6) is 0.476. The summed E-state index contributed by atoms with van der Waals surface area (Å²) in [6, 6.07) is 24.5. The maximum absolute atomic E-state index is 13.6. The Morgan fingerprint density at radius 2 is 1.88 bits per heavy atom. The van der Waals surface area contributed by atoms with E-state index in [-0.39, 0.29) is 5.91 Å². The molecule has 0 atom stereocenters. The van der Waals surface area contributed by atoms with Crippen LogP contribution in [0.4, 0.5) is 5.13 Å². The van der Waals surface area contributed by atoms with E-state index in [2.05, 4.69) is 6.07 Å². The largest absolute Gasteiger partial charge is 0.496 e. The zero-order chi connectivity index (χ0) is 22.5. The molecule has 4 aromatic rings. The average molecular weight is 440 g/mol. The summed E-state index contributed by atoms with van der Waals surface area (Å²) in [4.78, 5) is 20.0. The molecule has 0 N–H and O–H groups in total. The van der Waals surface area contributed by atoms with E-state index in [4.69, 9.17) is 9.72 Å². The predicted octanol–water partition coefficient (Wildman–Crippen LogP) is 5.85. The zero-order valence-electron chi connectivity index (χ0n) is 17.8. The van der Waals surface area contributed by atoms with Crippen molar-refractivity contribution in [1.29, 1.82) is 5.26 Å². The van der Waals surface area contributed by atoms with Crippen molar-refractivity contribution in [3.8, 4) is 23.1 Å². The summed E-state index contributed by atoms with van der Waals surface area (Å²) in [6.45, 7) is 2.33. The summed E-state index contributed by atoms with van der Waals surface area (Å²) in [7, 11) is 1.61. The Balaban J connectivity index is 1.74. The van der Waals surface area contributed by atoms with Crippen LogP contribution in [0.15, 0.2) is 78.2 Å². The van der Waals surface area contributed by atoms with E-state index in [1.54, 1.807) is 36.3 Å². The van der Waals surface area contributed by atoms with Crippen molar-refractivity contribution < 1.29 is 9.53 Å². The van der Waals surface area contributed by atoms with Gasteiger partial charge < -0.3 is 4.74 Å². The van der Waals surface area contributed by atoms with Crippen LogP contribution in [0.1, 0.15) is 27.0 Å². The van der Waals surface area contributed by atoms with Crippen molar-refractivity contribution in [2.24, 2.45) is 0 Å². The lowest BCUT2D eigenvalue weighted by Gasteiger charge is -2.21. The van der Waals surface area contributed by atoms with Crippen molar-refractivity contribution in [2.45, 2.75) is 13.5 Å². The van der Waals surface area contributed by atoms with E-state index in [0.717, 1.165) is 16.8 Å². The van der Waals surface area contributed by atoms with Crippen LogP contribution in [-0.4, -0.2) is 18.0 Å². The number of thiazole rings is 1. The second kappa shape index (κ2) is 9.46. The number of methoxy groups -OCH3 is 1. The molecule has 3 aromatic carbocycles. The number of carbonyl (C=O) groups excluding carboxylic acids is 1. The van der Waals surface area contributed by atoms with Crippen LogP contribution in [0.5, 0.6) is 5.75 Å². The molecule has 6 heteroatoms. The molecule has 0 spiro atoms. The van der Waals surface area contributed by atoms with Crippen molar-refractivity contribution in [2.75, 3.05) is 12.0 Å². The SMILES string of the molecule is COc1ccccc1CN(C(=O)c1cccc(C#N)c1)c1nc(-c2ccc(C)cc2)cs1. The van der Waals surface area contributed by atoms with Gasteiger partial charge in [0.1, 0.15) is 5.75 Å². The first-order valence-electron chi connectivity index (χ1n) is 10.1. The Kier molecular flexibility index (Phi) is 6.29. The van der Waals surface area contributed by atoms with Crippen LogP contribution >= 0.6 is 11.3 Å². The molecule has 1 aromatic heterocycles. The molecule has 0 aliphatic carbocycles. The van der Waals surface area contributed by atoms with Crippen LogP contribution in [0.25, 0.3) is 11.3 Å². The van der Waals surface area contributed by atoms with Gasteiger partial charge in [0.05, 0.1) is 31.0 Å². The molecule has 0 saturated heterocycles. The molecule has 0 unspecified atom stereocenters. The zero-order valence-corrected chi connectivity index (χ0v) is 18.6. The van der Waals surface area contributed by atoms with Gasteiger partial charge in [0, 0.05) is 22.1 Å². The van der Waals surface area contributed by atoms with Crippen LogP contribution in [0.2, 0.25) is 0 Å². The molecular weight excluding hydrogens is 418 g/mol. The molecule has 0 saturated carbocycles. The first kappa shape index (κ1) is 21.3. The molecule has 5 nitrogen and oxygen atoms in total. The average Bonchev–Trinajstić information content (AvgIpc) is 3.32. The number of amides is 1. The van der Waals surface area contributed by atoms with E-state index in [1.165, 1.54) is 16.9 Å². The van der Waals surface area contributed by atoms with Crippen LogP contribution in [-0.2, 0) is 6.54 Å². The lowest BCUT2D eigenvalue weighted by molar-refractivity contribution is 0.0985. The molecule has 0 fully saturated rings. The summed E-state index contributed by atoms with van der Waals surface area (Å²) < 4.78 is 5.49. The topological polar surface area (TPSA) is 66.2 Å². The monoisotopic (exact) mass is 439 g/mol. The normalized spacial score (nSPS) is 10.4. The number of ether oxygens (including phenoxy) is 1. The fourth-order valence-corrected chi connectivity index (χ4v) is 4.18. The molecule has 1 heterocycles. The van der Waals surface area contributed by atoms with Crippen molar-refractivity contribution in [1.82, 2.24) is 4.98 Å². The fraction of sp³-hybridized carbons (Fsp3) is 0.115. The van der Waals surface area contributed by atoms with Gasteiger partial charge in [-0.3, -0.25) is 9.69 Å². The maximum atomic E-state index is 13.6. The fourth-order valence-electron chi connectivity index (χ4n) is 3.35. The summed E-state index contributed by atoms with van der Waals surface area (Å²) in [5, 5.41) is 11.8. The number of aromatic nitrogens is 1. The number of para-hydroxylation sites is 1. The molecule has 0 radical (unpaired) electrons. The van der Waals surface area contributed by atoms with Crippen molar-refractivity contribution in [3.05, 3.63) is 100 Å². The van der Waals surface area contributed by atoms with E-state index in [9.17, 15) is 10.1 Å². The van der Waals surface area contributed by atoms with Crippen molar-refractivity contribution in [3.63, 3.8) is 0 Å². The molecule has 0 bridgehead atoms. The van der Waals surface area contributed by atoms with E-state index in [0.29, 0.717) is 28.6 Å². The smallest absolute Gasteiger partial charge is 0.260 e. The predicted molar refractivity (Wildman–Crippen MR) is 127 cm³/mol. The third kappa shape index (κ3) is 4.53. The number of hydrogen-bond donors (Lipinski definition) is 0. The summed E-state index contributed by atoms with van der Waals surface area (Å²) >= 11 is 1.41. The molecule has 4 rings (SSSR count). The Bertz CT molecular complexity index is 1290. The van der Waals surface area contributed by atoms with Gasteiger partial charge in [-0.1, -0.05) is 54.1 Å². The highest BCUT2D eigenvalue weighted by molar-refractivity contribution is 7.14. The second-order valence-electron chi connectivity index (χ2n) is 7.28. The van der Waals surface area contributed by atoms with Gasteiger partial charge in [-0.15, -0.1) is 11.3 Å². The van der Waals surface area contributed by atoms with Gasteiger partial charge in [0.15, 0.2) is 5.13 Å². The Morgan fingerprint density at radius 1 is 1.09 bits per heavy atom. The summed E-state index contributed by atoms with van der Waals surface area (Å²) in [5.41, 5.74) is 4.72. The van der Waals surface area contributed by atoms with Gasteiger partial charge >= 0.3 is 0 Å². The highest BCUT2D eigenvalue weighted by atomic mass is 32.1. The summed E-state index contributed by atoms with van der Waals surface area (Å²) in [6.07, 6.45) is 0. The number of anilines is 1. The van der Waals surface area contributed by atoms with Gasteiger partial charge in [0.25, 0.3) is 5.91 Å². The quantitative estimate of drug-likeness (QED) is 0.378. The van der Waals surface area contributed by atoms with Gasteiger partial charge in [-0.2, -0.15) is 5.26 Å². The number of nitrogens with zero attached hydrogens (tertiary/aromatic N) is 3. The minimum Gasteiger partial charge on any atom is -0.496 e. The molecule has 0 aliphatic heterocycles. The number of carbonyl (C=O) groups is 1. The third-order valence-electron chi connectivity index (χ3n) is 5.08. The second-order valence-corrected chi connectivity index (χ2v) is 8.11. The van der Waals surface area contributed by atoms with Gasteiger partial charge in [0.2, 0.25) is 0 Å². The first-order valence-corrected chi connectivity index (χ1v) is 10.9. The molecule has 158 valence electrons. The molecule has 32 heavy (non-hydrogen) atoms. The number of benzene rings is 3. The van der Waals surface area contributed by atoms with Crippen LogP contribution in [0.3, 0.4) is 0 Å². The minimum absolute atomic E-state index is 0.224. The van der Waals surface area contributed by atoms with Crippen LogP contribution < -0.4 is 9.64 Å². The first-order chi connectivity index (χ1) is 15.6.